The maximum Gasteiger partial charge on any atom is 0.140 e. The van der Waals surface area contributed by atoms with Gasteiger partial charge >= 0.3 is 0 Å². The highest BCUT2D eigenvalue weighted by atomic mass is 35.5. The number of hydrogen-bond acceptors (Lipinski definition) is 4. The van der Waals surface area contributed by atoms with Gasteiger partial charge in [-0.3, -0.25) is 0 Å². The van der Waals surface area contributed by atoms with Crippen LogP contribution in [0.15, 0.2) is 30.6 Å². The van der Waals surface area contributed by atoms with E-state index in [1.165, 1.54) is 6.33 Å². The van der Waals surface area contributed by atoms with Crippen molar-refractivity contribution in [1.29, 1.82) is 0 Å². The largest absolute Gasteiger partial charge is 0.497 e. The topological polar surface area (TPSA) is 38.2 Å². The van der Waals surface area contributed by atoms with Crippen molar-refractivity contribution in [3.8, 4) is 5.75 Å². The number of halogens is 1. The Morgan fingerprint density at radius 3 is 2.79 bits per heavy atom. The van der Waals surface area contributed by atoms with E-state index < -0.39 is 0 Å². The fraction of sp³-hybridized carbons (Fsp3) is 0.286. The van der Waals surface area contributed by atoms with Crippen molar-refractivity contribution < 1.29 is 4.74 Å². The minimum absolute atomic E-state index is 0.502. The van der Waals surface area contributed by atoms with Crippen LogP contribution in [0, 0.1) is 0 Å². The Balaban J connectivity index is 2.43. The summed E-state index contributed by atoms with van der Waals surface area (Å²) in [5, 5.41) is 0.502. The van der Waals surface area contributed by atoms with Crippen LogP contribution >= 0.6 is 11.6 Å². The smallest absolute Gasteiger partial charge is 0.140 e. The molecule has 0 N–H and O–H groups in total. The average Bonchev–Trinajstić information content (AvgIpc) is 2.46. The molecule has 0 spiro atoms. The van der Waals surface area contributed by atoms with Gasteiger partial charge in [-0.25, -0.2) is 9.97 Å². The molecule has 1 heterocycles. The van der Waals surface area contributed by atoms with Gasteiger partial charge in [0.25, 0.3) is 0 Å². The third kappa shape index (κ3) is 2.79. The molecule has 0 bridgehead atoms. The molecule has 0 amide bonds. The molecule has 1 aromatic heterocycles. The highest BCUT2D eigenvalue weighted by Crippen LogP contribution is 2.30. The summed E-state index contributed by atoms with van der Waals surface area (Å²) >= 11 is 6.12. The lowest BCUT2D eigenvalue weighted by atomic mass is 10.2. The van der Waals surface area contributed by atoms with Crippen molar-refractivity contribution in [3.63, 3.8) is 0 Å². The van der Waals surface area contributed by atoms with Crippen LogP contribution in [0.1, 0.15) is 12.5 Å². The van der Waals surface area contributed by atoms with E-state index in [2.05, 4.69) is 9.97 Å². The van der Waals surface area contributed by atoms with Crippen molar-refractivity contribution in [2.45, 2.75) is 13.3 Å². The Hall–Kier alpha value is -1.81. The molecule has 100 valence electrons. The first-order valence-corrected chi connectivity index (χ1v) is 6.42. The van der Waals surface area contributed by atoms with Crippen LogP contribution in [0.2, 0.25) is 5.15 Å². The van der Waals surface area contributed by atoms with Gasteiger partial charge in [0.15, 0.2) is 0 Å². The lowest BCUT2D eigenvalue weighted by Crippen LogP contribution is -2.14. The Labute approximate surface area is 118 Å². The summed E-state index contributed by atoms with van der Waals surface area (Å²) in [4.78, 5) is 10.3. The second kappa shape index (κ2) is 5.89. The van der Waals surface area contributed by atoms with Crippen LogP contribution in [-0.4, -0.2) is 24.1 Å². The van der Waals surface area contributed by atoms with E-state index in [1.54, 1.807) is 7.11 Å². The third-order valence-corrected chi connectivity index (χ3v) is 3.31. The highest BCUT2D eigenvalue weighted by Gasteiger charge is 2.13. The summed E-state index contributed by atoms with van der Waals surface area (Å²) in [6, 6.07) is 7.80. The molecule has 0 atom stereocenters. The number of nitrogens with zero attached hydrogens (tertiary/aromatic N) is 3. The zero-order chi connectivity index (χ0) is 13.8. The van der Waals surface area contributed by atoms with Gasteiger partial charge < -0.3 is 9.64 Å². The van der Waals surface area contributed by atoms with Crippen LogP contribution in [0.5, 0.6) is 5.75 Å². The lowest BCUT2D eigenvalue weighted by molar-refractivity contribution is 0.415. The van der Waals surface area contributed by atoms with Gasteiger partial charge in [-0.1, -0.05) is 24.6 Å². The zero-order valence-corrected chi connectivity index (χ0v) is 12.0. The van der Waals surface area contributed by atoms with Gasteiger partial charge in [0, 0.05) is 24.4 Å². The molecule has 0 fully saturated rings. The Morgan fingerprint density at radius 2 is 2.11 bits per heavy atom. The van der Waals surface area contributed by atoms with Crippen LogP contribution in [0.25, 0.3) is 0 Å². The van der Waals surface area contributed by atoms with Crippen molar-refractivity contribution in [2.24, 2.45) is 0 Å². The fourth-order valence-electron chi connectivity index (χ4n) is 1.92. The summed E-state index contributed by atoms with van der Waals surface area (Å²) in [6.45, 7) is 2.04. The molecule has 0 unspecified atom stereocenters. The number of aromatic nitrogens is 2. The SMILES string of the molecule is CCc1c(Cl)ncnc1N(C)c1cccc(OC)c1. The van der Waals surface area contributed by atoms with Crippen molar-refractivity contribution in [1.82, 2.24) is 9.97 Å². The van der Waals surface area contributed by atoms with E-state index in [0.717, 1.165) is 29.2 Å². The first-order chi connectivity index (χ1) is 9.17. The van der Waals surface area contributed by atoms with Crippen molar-refractivity contribution >= 4 is 23.1 Å². The fourth-order valence-corrected chi connectivity index (χ4v) is 2.18. The van der Waals surface area contributed by atoms with E-state index in [9.17, 15) is 0 Å². The van der Waals surface area contributed by atoms with Gasteiger partial charge in [-0.15, -0.1) is 0 Å². The molecule has 4 nitrogen and oxygen atoms in total. The summed E-state index contributed by atoms with van der Waals surface area (Å²) in [5.41, 5.74) is 1.93. The van der Waals surface area contributed by atoms with Gasteiger partial charge in [-0.05, 0) is 18.6 Å². The van der Waals surface area contributed by atoms with Gasteiger partial charge in [0.2, 0.25) is 0 Å². The van der Waals surface area contributed by atoms with E-state index in [1.807, 2.05) is 43.1 Å². The molecule has 0 saturated heterocycles. The summed E-state index contributed by atoms with van der Waals surface area (Å²) in [7, 11) is 3.60. The van der Waals surface area contributed by atoms with E-state index in [-0.39, 0.29) is 0 Å². The Morgan fingerprint density at radius 1 is 1.32 bits per heavy atom. The highest BCUT2D eigenvalue weighted by molar-refractivity contribution is 6.30. The van der Waals surface area contributed by atoms with Crippen LogP contribution in [0.4, 0.5) is 11.5 Å². The Bertz CT molecular complexity index is 574. The zero-order valence-electron chi connectivity index (χ0n) is 11.2. The normalized spacial score (nSPS) is 10.3. The quantitative estimate of drug-likeness (QED) is 0.802. The number of anilines is 2. The lowest BCUT2D eigenvalue weighted by Gasteiger charge is -2.21. The molecule has 0 radical (unpaired) electrons. The summed E-state index contributed by atoms with van der Waals surface area (Å²) < 4.78 is 5.24. The van der Waals surface area contributed by atoms with Crippen molar-refractivity contribution in [2.75, 3.05) is 19.1 Å². The van der Waals surface area contributed by atoms with Gasteiger partial charge in [0.1, 0.15) is 23.0 Å². The number of rotatable bonds is 4. The maximum atomic E-state index is 6.12. The number of hydrogen-bond donors (Lipinski definition) is 0. The standard InChI is InChI=1S/C14H16ClN3O/c1-4-12-13(15)16-9-17-14(12)18(2)10-6-5-7-11(8-10)19-3/h5-9H,4H2,1-3H3. The molecule has 19 heavy (non-hydrogen) atoms. The molecular formula is C14H16ClN3O. The molecule has 2 rings (SSSR count). The number of benzene rings is 1. The second-order valence-electron chi connectivity index (χ2n) is 4.08. The summed E-state index contributed by atoms with van der Waals surface area (Å²) in [5.74, 6) is 1.62. The minimum Gasteiger partial charge on any atom is -0.497 e. The second-order valence-corrected chi connectivity index (χ2v) is 4.44. The predicted octanol–water partition coefficient (Wildman–Crippen LogP) is 3.47. The monoisotopic (exact) mass is 277 g/mol. The van der Waals surface area contributed by atoms with E-state index >= 15 is 0 Å². The maximum absolute atomic E-state index is 6.12. The van der Waals surface area contributed by atoms with Crippen LogP contribution in [-0.2, 0) is 6.42 Å². The molecule has 0 saturated carbocycles. The summed E-state index contributed by atoms with van der Waals surface area (Å²) in [6.07, 6.45) is 2.26. The van der Waals surface area contributed by atoms with Crippen LogP contribution < -0.4 is 9.64 Å². The molecule has 0 aliphatic rings. The molecule has 2 aromatic rings. The van der Waals surface area contributed by atoms with E-state index in [4.69, 9.17) is 16.3 Å². The van der Waals surface area contributed by atoms with Crippen LogP contribution in [0.3, 0.4) is 0 Å². The van der Waals surface area contributed by atoms with Crippen molar-refractivity contribution in [3.05, 3.63) is 41.3 Å². The number of methoxy groups -OCH3 is 1. The molecule has 0 aliphatic carbocycles. The first kappa shape index (κ1) is 13.6. The number of ether oxygens (including phenoxy) is 1. The minimum atomic E-state index is 0.502. The van der Waals surface area contributed by atoms with Gasteiger partial charge in [-0.2, -0.15) is 0 Å². The first-order valence-electron chi connectivity index (χ1n) is 6.04. The average molecular weight is 278 g/mol. The molecular weight excluding hydrogens is 262 g/mol. The predicted molar refractivity (Wildman–Crippen MR) is 77.5 cm³/mol. The molecule has 5 heteroatoms. The van der Waals surface area contributed by atoms with E-state index in [0.29, 0.717) is 5.15 Å². The molecule has 0 aliphatic heterocycles. The Kier molecular flexibility index (Phi) is 4.22. The molecule has 1 aromatic carbocycles. The third-order valence-electron chi connectivity index (χ3n) is 2.98. The van der Waals surface area contributed by atoms with Gasteiger partial charge in [0.05, 0.1) is 7.11 Å².